The summed E-state index contributed by atoms with van der Waals surface area (Å²) in [5.74, 6) is 1.52. The summed E-state index contributed by atoms with van der Waals surface area (Å²) in [6.45, 7) is 10.3. The molecular weight excluding hydrogens is 288 g/mol. The lowest BCUT2D eigenvalue weighted by Gasteiger charge is -2.27. The Morgan fingerprint density at radius 2 is 1.91 bits per heavy atom. The van der Waals surface area contributed by atoms with Gasteiger partial charge in [0.1, 0.15) is 0 Å². The Morgan fingerprint density at radius 1 is 1.26 bits per heavy atom. The van der Waals surface area contributed by atoms with E-state index in [0.717, 1.165) is 31.2 Å². The molecule has 0 fully saturated rings. The highest BCUT2D eigenvalue weighted by Gasteiger charge is 2.14. The van der Waals surface area contributed by atoms with Gasteiger partial charge in [0.05, 0.1) is 5.69 Å². The summed E-state index contributed by atoms with van der Waals surface area (Å²) in [7, 11) is 8.05. The molecule has 0 aliphatic rings. The molecule has 0 saturated heterocycles. The van der Waals surface area contributed by atoms with Gasteiger partial charge >= 0.3 is 0 Å². The zero-order valence-electron chi connectivity index (χ0n) is 16.1. The molecule has 1 atom stereocenters. The van der Waals surface area contributed by atoms with Crippen molar-refractivity contribution in [2.24, 2.45) is 18.0 Å². The predicted molar refractivity (Wildman–Crippen MR) is 97.8 cm³/mol. The van der Waals surface area contributed by atoms with Crippen LogP contribution in [0.3, 0.4) is 0 Å². The molecule has 0 aromatic carbocycles. The van der Waals surface area contributed by atoms with Crippen molar-refractivity contribution in [2.45, 2.75) is 46.7 Å². The van der Waals surface area contributed by atoms with Crippen LogP contribution in [0.5, 0.6) is 0 Å². The highest BCUT2D eigenvalue weighted by atomic mass is 15.3. The number of hydrogen-bond acceptors (Lipinski definition) is 3. The van der Waals surface area contributed by atoms with Gasteiger partial charge in [0.25, 0.3) is 0 Å². The number of rotatable bonds is 7. The minimum atomic E-state index is 0.496. The van der Waals surface area contributed by atoms with Crippen molar-refractivity contribution in [1.29, 1.82) is 0 Å². The number of hydrogen-bond donors (Lipinski definition) is 2. The van der Waals surface area contributed by atoms with Crippen molar-refractivity contribution < 1.29 is 0 Å². The molecule has 132 valence electrons. The summed E-state index contributed by atoms with van der Waals surface area (Å²) in [5.41, 5.74) is 3.50. The van der Waals surface area contributed by atoms with Crippen LogP contribution in [0.4, 0.5) is 0 Å². The first-order valence-electron chi connectivity index (χ1n) is 8.36. The molecule has 2 N–H and O–H groups in total. The maximum absolute atomic E-state index is 4.45. The fourth-order valence-corrected chi connectivity index (χ4v) is 2.70. The van der Waals surface area contributed by atoms with E-state index in [1.54, 1.807) is 0 Å². The predicted octanol–water partition coefficient (Wildman–Crippen LogP) is 1.68. The molecule has 1 heterocycles. The molecule has 0 amide bonds. The third-order valence-corrected chi connectivity index (χ3v) is 4.29. The molecule has 1 rings (SSSR count). The Kier molecular flexibility index (Phi) is 7.55. The van der Waals surface area contributed by atoms with E-state index in [0.29, 0.717) is 12.0 Å². The van der Waals surface area contributed by atoms with Gasteiger partial charge < -0.3 is 15.5 Å². The third-order valence-electron chi connectivity index (χ3n) is 4.29. The zero-order valence-corrected chi connectivity index (χ0v) is 16.1. The number of guanidine groups is 1. The van der Waals surface area contributed by atoms with Crippen LogP contribution >= 0.6 is 0 Å². The normalized spacial score (nSPS) is 13.7. The van der Waals surface area contributed by atoms with Crippen molar-refractivity contribution >= 4 is 5.96 Å². The van der Waals surface area contributed by atoms with Gasteiger partial charge in [-0.25, -0.2) is 0 Å². The van der Waals surface area contributed by atoms with E-state index in [1.165, 1.54) is 11.3 Å². The van der Waals surface area contributed by atoms with Gasteiger partial charge in [-0.1, -0.05) is 13.8 Å². The Morgan fingerprint density at radius 3 is 2.35 bits per heavy atom. The largest absolute Gasteiger partial charge is 0.355 e. The summed E-state index contributed by atoms with van der Waals surface area (Å²) in [6, 6.07) is 0.496. The SMILES string of the molecule is CN=C(NCc1c(C)nn(C)c1C)NCC(CC(C)C)N(C)C. The first-order chi connectivity index (χ1) is 10.8. The number of aromatic nitrogens is 2. The highest BCUT2D eigenvalue weighted by Crippen LogP contribution is 2.11. The van der Waals surface area contributed by atoms with Gasteiger partial charge in [-0.15, -0.1) is 0 Å². The number of aliphatic imine (C=N–C) groups is 1. The van der Waals surface area contributed by atoms with E-state index in [1.807, 2.05) is 25.7 Å². The van der Waals surface area contributed by atoms with Crippen LogP contribution in [-0.4, -0.2) is 54.4 Å². The van der Waals surface area contributed by atoms with Crippen LogP contribution in [0.15, 0.2) is 4.99 Å². The first kappa shape index (κ1) is 19.5. The Hall–Kier alpha value is -1.56. The second-order valence-electron chi connectivity index (χ2n) is 6.83. The summed E-state index contributed by atoms with van der Waals surface area (Å²) in [5, 5.41) is 11.3. The monoisotopic (exact) mass is 322 g/mol. The van der Waals surface area contributed by atoms with E-state index in [9.17, 15) is 0 Å². The Labute approximate surface area is 141 Å². The maximum atomic E-state index is 4.45. The average molecular weight is 323 g/mol. The lowest BCUT2D eigenvalue weighted by atomic mass is 10.0. The first-order valence-corrected chi connectivity index (χ1v) is 8.36. The highest BCUT2D eigenvalue weighted by molar-refractivity contribution is 5.79. The quantitative estimate of drug-likeness (QED) is 0.592. The van der Waals surface area contributed by atoms with E-state index >= 15 is 0 Å². The minimum Gasteiger partial charge on any atom is -0.355 e. The molecule has 0 bridgehead atoms. The molecular formula is C17H34N6. The molecule has 6 heteroatoms. The van der Waals surface area contributed by atoms with Crippen LogP contribution in [0.1, 0.15) is 37.2 Å². The number of nitrogens with one attached hydrogen (secondary N) is 2. The summed E-state index contributed by atoms with van der Waals surface area (Å²) < 4.78 is 1.92. The van der Waals surface area contributed by atoms with E-state index < -0.39 is 0 Å². The fraction of sp³-hybridized carbons (Fsp3) is 0.765. The molecule has 1 aromatic rings. The second kappa shape index (κ2) is 8.91. The summed E-state index contributed by atoms with van der Waals surface area (Å²) in [4.78, 5) is 6.60. The van der Waals surface area contributed by atoms with Gasteiger partial charge in [-0.2, -0.15) is 5.10 Å². The van der Waals surface area contributed by atoms with Gasteiger partial charge in [-0.3, -0.25) is 9.67 Å². The lowest BCUT2D eigenvalue weighted by molar-refractivity contribution is 0.254. The van der Waals surface area contributed by atoms with Gasteiger partial charge in [-0.05, 0) is 40.3 Å². The molecule has 1 aromatic heterocycles. The van der Waals surface area contributed by atoms with Crippen molar-refractivity contribution in [3.63, 3.8) is 0 Å². The minimum absolute atomic E-state index is 0.496. The van der Waals surface area contributed by atoms with Crippen molar-refractivity contribution in [3.05, 3.63) is 17.0 Å². The van der Waals surface area contributed by atoms with Crippen LogP contribution in [-0.2, 0) is 13.6 Å². The van der Waals surface area contributed by atoms with Gasteiger partial charge in [0.2, 0.25) is 0 Å². The van der Waals surface area contributed by atoms with Crippen LogP contribution in [0.25, 0.3) is 0 Å². The molecule has 0 aliphatic heterocycles. The molecule has 0 radical (unpaired) electrons. The lowest BCUT2D eigenvalue weighted by Crippen LogP contribution is -2.45. The average Bonchev–Trinajstić information content (AvgIpc) is 2.71. The van der Waals surface area contributed by atoms with Crippen LogP contribution in [0.2, 0.25) is 0 Å². The van der Waals surface area contributed by atoms with Crippen LogP contribution in [0, 0.1) is 19.8 Å². The van der Waals surface area contributed by atoms with Crippen LogP contribution < -0.4 is 10.6 Å². The molecule has 23 heavy (non-hydrogen) atoms. The van der Waals surface area contributed by atoms with Crippen molar-refractivity contribution in [2.75, 3.05) is 27.7 Å². The maximum Gasteiger partial charge on any atom is 0.191 e. The summed E-state index contributed by atoms with van der Waals surface area (Å²) in [6.07, 6.45) is 1.16. The second-order valence-corrected chi connectivity index (χ2v) is 6.83. The topological polar surface area (TPSA) is 57.5 Å². The Balaban J connectivity index is 2.57. The third kappa shape index (κ3) is 5.86. The van der Waals surface area contributed by atoms with Crippen molar-refractivity contribution in [1.82, 2.24) is 25.3 Å². The number of aryl methyl sites for hydroxylation is 2. The molecule has 0 saturated carbocycles. The standard InChI is InChI=1S/C17H34N6/c1-12(2)9-15(22(6)7)10-19-17(18-5)20-11-16-13(3)21-23(8)14(16)4/h12,15H,9-11H2,1-8H3,(H2,18,19,20). The molecule has 0 aliphatic carbocycles. The smallest absolute Gasteiger partial charge is 0.191 e. The molecule has 1 unspecified atom stereocenters. The van der Waals surface area contributed by atoms with E-state index in [2.05, 4.69) is 60.5 Å². The fourth-order valence-electron chi connectivity index (χ4n) is 2.70. The molecule has 0 spiro atoms. The molecule has 6 nitrogen and oxygen atoms in total. The Bertz CT molecular complexity index is 515. The number of likely N-dealkylation sites (N-methyl/N-ethyl adjacent to an activating group) is 1. The van der Waals surface area contributed by atoms with Gasteiger partial charge in [0, 0.05) is 44.5 Å². The summed E-state index contributed by atoms with van der Waals surface area (Å²) >= 11 is 0. The zero-order chi connectivity index (χ0) is 17.6. The van der Waals surface area contributed by atoms with Gasteiger partial charge in [0.15, 0.2) is 5.96 Å². The van der Waals surface area contributed by atoms with E-state index in [-0.39, 0.29) is 0 Å². The van der Waals surface area contributed by atoms with Crippen molar-refractivity contribution in [3.8, 4) is 0 Å². The number of nitrogens with zero attached hydrogens (tertiary/aromatic N) is 4. The van der Waals surface area contributed by atoms with E-state index in [4.69, 9.17) is 0 Å².